The normalized spacial score (nSPS) is 11.0. The van der Waals surface area contributed by atoms with Gasteiger partial charge in [-0.1, -0.05) is 12.8 Å². The summed E-state index contributed by atoms with van der Waals surface area (Å²) in [4.78, 5) is 23.0. The van der Waals surface area contributed by atoms with Crippen LogP contribution in [0.15, 0.2) is 29.2 Å². The van der Waals surface area contributed by atoms with Crippen LogP contribution in [0.5, 0.6) is 0 Å². The molecule has 6 nitrogen and oxygen atoms in total. The van der Waals surface area contributed by atoms with Crippen LogP contribution >= 0.6 is 0 Å². The molecule has 0 radical (unpaired) electrons. The van der Waals surface area contributed by atoms with E-state index >= 15 is 0 Å². The Labute approximate surface area is 137 Å². The molecule has 128 valence electrons. The van der Waals surface area contributed by atoms with E-state index in [0.29, 0.717) is 18.5 Å². The number of hydrogen-bond acceptors (Lipinski definition) is 5. The van der Waals surface area contributed by atoms with Crippen molar-refractivity contribution in [2.45, 2.75) is 37.0 Å². The molecule has 0 bridgehead atoms. The molecule has 23 heavy (non-hydrogen) atoms. The molecular formula is C16H23NO5S. The maximum Gasteiger partial charge on any atom is 0.305 e. The Bertz CT molecular complexity index is 622. The van der Waals surface area contributed by atoms with Gasteiger partial charge in [-0.2, -0.15) is 0 Å². The van der Waals surface area contributed by atoms with Gasteiger partial charge in [-0.05, 0) is 37.1 Å². The fourth-order valence-corrected chi connectivity index (χ4v) is 2.64. The molecule has 1 rings (SSSR count). The summed E-state index contributed by atoms with van der Waals surface area (Å²) in [5.41, 5.74) is 0.433. The summed E-state index contributed by atoms with van der Waals surface area (Å²) in [6.07, 6.45) is 5.00. The van der Waals surface area contributed by atoms with Gasteiger partial charge in [-0.15, -0.1) is 0 Å². The average Bonchev–Trinajstić information content (AvgIpc) is 2.52. The van der Waals surface area contributed by atoms with Gasteiger partial charge < -0.3 is 10.1 Å². The third-order valence-corrected chi connectivity index (χ3v) is 4.49. The molecule has 0 saturated carbocycles. The van der Waals surface area contributed by atoms with Crippen LogP contribution in [0.4, 0.5) is 0 Å². The molecular weight excluding hydrogens is 318 g/mol. The lowest BCUT2D eigenvalue weighted by Gasteiger charge is -2.06. The molecule has 7 heteroatoms. The number of carbonyl (C=O) groups is 2. The van der Waals surface area contributed by atoms with Crippen molar-refractivity contribution in [2.24, 2.45) is 0 Å². The fraction of sp³-hybridized carbons (Fsp3) is 0.500. The van der Waals surface area contributed by atoms with E-state index in [1.54, 1.807) is 0 Å². The van der Waals surface area contributed by atoms with Gasteiger partial charge in [0, 0.05) is 24.8 Å². The van der Waals surface area contributed by atoms with E-state index < -0.39 is 9.84 Å². The molecule has 1 N–H and O–H groups in total. The lowest BCUT2D eigenvalue weighted by Crippen LogP contribution is -2.24. The molecule has 0 fully saturated rings. The molecule has 0 saturated heterocycles. The first-order valence-corrected chi connectivity index (χ1v) is 9.39. The van der Waals surface area contributed by atoms with E-state index in [0.717, 1.165) is 31.9 Å². The van der Waals surface area contributed by atoms with E-state index in [1.165, 1.54) is 31.4 Å². The van der Waals surface area contributed by atoms with Crippen molar-refractivity contribution in [1.82, 2.24) is 5.32 Å². The van der Waals surface area contributed by atoms with Gasteiger partial charge in [0.2, 0.25) is 0 Å². The Balaban J connectivity index is 2.25. The highest BCUT2D eigenvalue weighted by Crippen LogP contribution is 2.10. The van der Waals surface area contributed by atoms with Gasteiger partial charge in [-0.25, -0.2) is 8.42 Å². The average molecular weight is 341 g/mol. The number of nitrogens with one attached hydrogen (secondary N) is 1. The molecule has 0 aromatic heterocycles. The van der Waals surface area contributed by atoms with Gasteiger partial charge in [0.15, 0.2) is 9.84 Å². The van der Waals surface area contributed by atoms with Crippen LogP contribution in [-0.4, -0.2) is 40.2 Å². The minimum Gasteiger partial charge on any atom is -0.469 e. The van der Waals surface area contributed by atoms with Crippen molar-refractivity contribution in [3.63, 3.8) is 0 Å². The molecule has 0 heterocycles. The zero-order chi connectivity index (χ0) is 17.3. The van der Waals surface area contributed by atoms with E-state index in [1.807, 2.05) is 0 Å². The maximum absolute atomic E-state index is 11.9. The SMILES string of the molecule is COC(=O)CCCCCCNC(=O)c1ccc(S(C)(=O)=O)cc1. The van der Waals surface area contributed by atoms with Crippen LogP contribution in [0.1, 0.15) is 42.5 Å². The number of unbranched alkanes of at least 4 members (excludes halogenated alkanes) is 3. The van der Waals surface area contributed by atoms with Gasteiger partial charge >= 0.3 is 5.97 Å². The lowest BCUT2D eigenvalue weighted by atomic mass is 10.1. The van der Waals surface area contributed by atoms with Crippen LogP contribution in [0.2, 0.25) is 0 Å². The monoisotopic (exact) mass is 341 g/mol. The number of benzene rings is 1. The predicted molar refractivity (Wildman–Crippen MR) is 87.0 cm³/mol. The quantitative estimate of drug-likeness (QED) is 0.548. The Morgan fingerprint density at radius 3 is 2.22 bits per heavy atom. The highest BCUT2D eigenvalue weighted by molar-refractivity contribution is 7.90. The zero-order valence-electron chi connectivity index (χ0n) is 13.5. The predicted octanol–water partition coefficient (Wildman–Crippen LogP) is 1.94. The third-order valence-electron chi connectivity index (χ3n) is 3.37. The number of rotatable bonds is 9. The number of hydrogen-bond donors (Lipinski definition) is 1. The Morgan fingerprint density at radius 2 is 1.65 bits per heavy atom. The standard InChI is InChI=1S/C16H23NO5S/c1-22-15(18)7-5-3-4-6-12-17-16(19)13-8-10-14(11-9-13)23(2,20)21/h8-11H,3-7,12H2,1-2H3,(H,17,19). The molecule has 1 amide bonds. The van der Waals surface area contributed by atoms with E-state index in [9.17, 15) is 18.0 Å². The zero-order valence-corrected chi connectivity index (χ0v) is 14.3. The minimum atomic E-state index is -3.25. The number of methoxy groups -OCH3 is 1. The second-order valence-electron chi connectivity index (χ2n) is 5.29. The van der Waals surface area contributed by atoms with Crippen LogP contribution in [0, 0.1) is 0 Å². The summed E-state index contributed by atoms with van der Waals surface area (Å²) >= 11 is 0. The van der Waals surface area contributed by atoms with E-state index in [-0.39, 0.29) is 16.8 Å². The highest BCUT2D eigenvalue weighted by atomic mass is 32.2. The van der Waals surface area contributed by atoms with E-state index in [4.69, 9.17) is 0 Å². The Kier molecular flexibility index (Phi) is 7.74. The summed E-state index contributed by atoms with van der Waals surface area (Å²) in [7, 11) is -1.87. The summed E-state index contributed by atoms with van der Waals surface area (Å²) in [5.74, 6) is -0.421. The highest BCUT2D eigenvalue weighted by Gasteiger charge is 2.09. The van der Waals surface area contributed by atoms with Crippen LogP contribution in [-0.2, 0) is 19.4 Å². The van der Waals surface area contributed by atoms with Crippen molar-refractivity contribution in [2.75, 3.05) is 19.9 Å². The van der Waals surface area contributed by atoms with Crippen LogP contribution in [0.3, 0.4) is 0 Å². The summed E-state index contributed by atoms with van der Waals surface area (Å²) in [5, 5.41) is 2.79. The minimum absolute atomic E-state index is 0.194. The first-order chi connectivity index (χ1) is 10.8. The van der Waals surface area contributed by atoms with Crippen molar-refractivity contribution >= 4 is 21.7 Å². The largest absolute Gasteiger partial charge is 0.469 e. The smallest absolute Gasteiger partial charge is 0.305 e. The molecule has 1 aromatic carbocycles. The van der Waals surface area contributed by atoms with Crippen LogP contribution in [0.25, 0.3) is 0 Å². The Morgan fingerprint density at radius 1 is 1.04 bits per heavy atom. The molecule has 1 aromatic rings. The topological polar surface area (TPSA) is 89.5 Å². The van der Waals surface area contributed by atoms with Gasteiger partial charge in [0.25, 0.3) is 5.91 Å². The second kappa shape index (κ2) is 9.29. The van der Waals surface area contributed by atoms with Gasteiger partial charge in [0.05, 0.1) is 12.0 Å². The van der Waals surface area contributed by atoms with Crippen molar-refractivity contribution < 1.29 is 22.7 Å². The van der Waals surface area contributed by atoms with Crippen molar-refractivity contribution in [3.05, 3.63) is 29.8 Å². The molecule has 0 aliphatic rings. The molecule has 0 unspecified atom stereocenters. The summed E-state index contributed by atoms with van der Waals surface area (Å²) in [6, 6.07) is 5.86. The van der Waals surface area contributed by atoms with Gasteiger partial charge in [0.1, 0.15) is 0 Å². The number of ether oxygens (including phenoxy) is 1. The van der Waals surface area contributed by atoms with E-state index in [2.05, 4.69) is 10.1 Å². The number of esters is 1. The fourth-order valence-electron chi connectivity index (χ4n) is 2.01. The molecule has 0 atom stereocenters. The molecule has 0 spiro atoms. The lowest BCUT2D eigenvalue weighted by molar-refractivity contribution is -0.140. The first kappa shape index (κ1) is 19.2. The van der Waals surface area contributed by atoms with Crippen LogP contribution < -0.4 is 5.32 Å². The molecule has 0 aliphatic heterocycles. The number of sulfone groups is 1. The van der Waals surface area contributed by atoms with Crippen molar-refractivity contribution in [3.8, 4) is 0 Å². The third kappa shape index (κ3) is 7.27. The second-order valence-corrected chi connectivity index (χ2v) is 7.31. The molecule has 0 aliphatic carbocycles. The number of carbonyl (C=O) groups excluding carboxylic acids is 2. The number of amides is 1. The first-order valence-electron chi connectivity index (χ1n) is 7.49. The maximum atomic E-state index is 11.9. The Hall–Kier alpha value is -1.89. The van der Waals surface area contributed by atoms with Crippen molar-refractivity contribution in [1.29, 1.82) is 0 Å². The summed E-state index contributed by atoms with van der Waals surface area (Å²) in [6.45, 7) is 0.547. The van der Waals surface area contributed by atoms with Gasteiger partial charge in [-0.3, -0.25) is 9.59 Å². The summed E-state index contributed by atoms with van der Waals surface area (Å²) < 4.78 is 27.2.